The van der Waals surface area contributed by atoms with E-state index >= 15 is 0 Å². The smallest absolute Gasteiger partial charge is 0.326 e. The first-order valence-corrected chi connectivity index (χ1v) is 6.96. The number of nitrogens with two attached hydrogens (primary N) is 1. The Labute approximate surface area is 117 Å². The Morgan fingerprint density at radius 2 is 2.05 bits per heavy atom. The third kappa shape index (κ3) is 3.33. The highest BCUT2D eigenvalue weighted by Gasteiger charge is 2.32. The molecule has 3 atom stereocenters. The molecule has 0 aromatic heterocycles. The molecule has 0 spiro atoms. The highest BCUT2D eigenvalue weighted by molar-refractivity contribution is 5.27. The van der Waals surface area contributed by atoms with E-state index in [2.05, 4.69) is 11.8 Å². The molecular formula is C15H21F3N2. The van der Waals surface area contributed by atoms with Crippen molar-refractivity contribution in [2.45, 2.75) is 38.5 Å². The van der Waals surface area contributed by atoms with Crippen molar-refractivity contribution < 1.29 is 13.2 Å². The third-order valence-electron chi connectivity index (χ3n) is 4.29. The molecular weight excluding hydrogens is 265 g/mol. The summed E-state index contributed by atoms with van der Waals surface area (Å²) in [5.41, 5.74) is 6.17. The van der Waals surface area contributed by atoms with Crippen LogP contribution in [0.5, 0.6) is 0 Å². The summed E-state index contributed by atoms with van der Waals surface area (Å²) in [5.74, 6) is 0.472. The number of piperidine rings is 1. The van der Waals surface area contributed by atoms with Gasteiger partial charge in [0.2, 0.25) is 0 Å². The highest BCUT2D eigenvalue weighted by Crippen LogP contribution is 2.32. The summed E-state index contributed by atoms with van der Waals surface area (Å²) < 4.78 is 38.3. The van der Waals surface area contributed by atoms with Gasteiger partial charge < -0.3 is 5.73 Å². The molecule has 0 bridgehead atoms. The molecule has 0 aliphatic carbocycles. The predicted molar refractivity (Wildman–Crippen MR) is 73.2 cm³/mol. The molecule has 0 saturated carbocycles. The summed E-state index contributed by atoms with van der Waals surface area (Å²) in [7, 11) is 0. The van der Waals surface area contributed by atoms with Gasteiger partial charge in [-0.3, -0.25) is 4.90 Å². The van der Waals surface area contributed by atoms with E-state index in [4.69, 9.17) is 5.73 Å². The van der Waals surface area contributed by atoms with Crippen LogP contribution < -0.4 is 5.73 Å². The minimum Gasteiger partial charge on any atom is -0.326 e. The zero-order valence-corrected chi connectivity index (χ0v) is 11.8. The van der Waals surface area contributed by atoms with E-state index in [1.807, 2.05) is 6.92 Å². The molecule has 112 valence electrons. The van der Waals surface area contributed by atoms with E-state index in [9.17, 15) is 13.2 Å². The fourth-order valence-corrected chi connectivity index (χ4v) is 2.66. The van der Waals surface area contributed by atoms with Crippen LogP contribution in [0.15, 0.2) is 24.3 Å². The molecule has 0 radical (unpaired) electrons. The molecule has 1 saturated heterocycles. The van der Waals surface area contributed by atoms with Crippen molar-refractivity contribution in [3.05, 3.63) is 35.4 Å². The van der Waals surface area contributed by atoms with Gasteiger partial charge in [0, 0.05) is 18.6 Å². The molecule has 1 aliphatic rings. The van der Waals surface area contributed by atoms with Crippen molar-refractivity contribution in [3.8, 4) is 0 Å². The number of hydrogen-bond acceptors (Lipinski definition) is 2. The molecule has 1 aliphatic heterocycles. The van der Waals surface area contributed by atoms with Crippen LogP contribution in [-0.4, -0.2) is 24.0 Å². The average Bonchev–Trinajstić information content (AvgIpc) is 2.40. The first-order valence-electron chi connectivity index (χ1n) is 6.96. The normalized spacial score (nSPS) is 26.5. The van der Waals surface area contributed by atoms with Crippen molar-refractivity contribution in [3.63, 3.8) is 0 Å². The fraction of sp³-hybridized carbons (Fsp3) is 0.600. The van der Waals surface area contributed by atoms with E-state index in [-0.39, 0.29) is 12.1 Å². The zero-order valence-electron chi connectivity index (χ0n) is 11.8. The van der Waals surface area contributed by atoms with Gasteiger partial charge in [0.15, 0.2) is 0 Å². The van der Waals surface area contributed by atoms with Gasteiger partial charge >= 0.3 is 6.18 Å². The van der Waals surface area contributed by atoms with E-state index in [0.717, 1.165) is 25.6 Å². The van der Waals surface area contributed by atoms with Crippen LogP contribution in [0.2, 0.25) is 0 Å². The standard InChI is InChI=1S/C15H21F3N2/c1-10-6-7-20(9-14(10)19)11(2)12-4-3-5-13(8-12)15(16,17)18/h3-5,8,10-11,14H,6-7,9,19H2,1-2H3. The Morgan fingerprint density at radius 1 is 1.35 bits per heavy atom. The Hall–Kier alpha value is -1.07. The summed E-state index contributed by atoms with van der Waals surface area (Å²) in [5, 5.41) is 0. The SMILES string of the molecule is CC1CCN(C(C)c2cccc(C(F)(F)F)c2)CC1N. The van der Waals surface area contributed by atoms with Crippen molar-refractivity contribution in [1.82, 2.24) is 4.90 Å². The maximum absolute atomic E-state index is 12.8. The van der Waals surface area contributed by atoms with E-state index < -0.39 is 11.7 Å². The average molecular weight is 286 g/mol. The Bertz CT molecular complexity index is 459. The van der Waals surface area contributed by atoms with E-state index in [0.29, 0.717) is 11.5 Å². The summed E-state index contributed by atoms with van der Waals surface area (Å²) in [4.78, 5) is 2.17. The van der Waals surface area contributed by atoms with E-state index in [1.165, 1.54) is 12.1 Å². The molecule has 0 amide bonds. The van der Waals surface area contributed by atoms with Crippen LogP contribution in [0.1, 0.15) is 37.4 Å². The summed E-state index contributed by atoms with van der Waals surface area (Å²) in [6.45, 7) is 5.68. The molecule has 1 heterocycles. The molecule has 1 fully saturated rings. The van der Waals surface area contributed by atoms with Gasteiger partial charge in [0.1, 0.15) is 0 Å². The Kier molecular flexibility index (Phi) is 4.39. The van der Waals surface area contributed by atoms with Crippen LogP contribution in [0.4, 0.5) is 13.2 Å². The Morgan fingerprint density at radius 3 is 2.65 bits per heavy atom. The zero-order chi connectivity index (χ0) is 14.9. The third-order valence-corrected chi connectivity index (χ3v) is 4.29. The van der Waals surface area contributed by atoms with Crippen molar-refractivity contribution in [2.75, 3.05) is 13.1 Å². The maximum Gasteiger partial charge on any atom is 0.416 e. The van der Waals surface area contributed by atoms with Crippen LogP contribution >= 0.6 is 0 Å². The minimum absolute atomic E-state index is 0.0455. The van der Waals surface area contributed by atoms with Gasteiger partial charge in [0.25, 0.3) is 0 Å². The first kappa shape index (κ1) is 15.3. The molecule has 2 N–H and O–H groups in total. The molecule has 1 aromatic rings. The summed E-state index contributed by atoms with van der Waals surface area (Å²) in [6, 6.07) is 5.63. The van der Waals surface area contributed by atoms with Crippen molar-refractivity contribution in [1.29, 1.82) is 0 Å². The van der Waals surface area contributed by atoms with Gasteiger partial charge in [-0.25, -0.2) is 0 Å². The summed E-state index contributed by atoms with van der Waals surface area (Å²) in [6.07, 6.45) is -3.30. The molecule has 5 heteroatoms. The molecule has 1 aromatic carbocycles. The van der Waals surface area contributed by atoms with Crippen molar-refractivity contribution >= 4 is 0 Å². The molecule has 20 heavy (non-hydrogen) atoms. The number of halogens is 3. The molecule has 2 rings (SSSR count). The quantitative estimate of drug-likeness (QED) is 0.902. The van der Waals surface area contributed by atoms with Gasteiger partial charge in [-0.2, -0.15) is 13.2 Å². The second kappa shape index (κ2) is 5.74. The fourth-order valence-electron chi connectivity index (χ4n) is 2.66. The topological polar surface area (TPSA) is 29.3 Å². The number of benzene rings is 1. The van der Waals surface area contributed by atoms with Gasteiger partial charge in [0.05, 0.1) is 5.56 Å². The highest BCUT2D eigenvalue weighted by atomic mass is 19.4. The lowest BCUT2D eigenvalue weighted by atomic mass is 9.92. The molecule has 2 nitrogen and oxygen atoms in total. The maximum atomic E-state index is 12.8. The van der Waals surface area contributed by atoms with E-state index in [1.54, 1.807) is 6.07 Å². The summed E-state index contributed by atoms with van der Waals surface area (Å²) >= 11 is 0. The van der Waals surface area contributed by atoms with Gasteiger partial charge in [-0.05, 0) is 43.5 Å². The second-order valence-electron chi connectivity index (χ2n) is 5.72. The van der Waals surface area contributed by atoms with Crippen LogP contribution in [0, 0.1) is 5.92 Å². The monoisotopic (exact) mass is 286 g/mol. The van der Waals surface area contributed by atoms with Crippen LogP contribution in [0.25, 0.3) is 0 Å². The lowest BCUT2D eigenvalue weighted by Crippen LogP contribution is -2.48. The lowest BCUT2D eigenvalue weighted by molar-refractivity contribution is -0.137. The predicted octanol–water partition coefficient (Wildman–Crippen LogP) is 3.44. The number of rotatable bonds is 2. The Balaban J connectivity index is 2.15. The van der Waals surface area contributed by atoms with Gasteiger partial charge in [-0.1, -0.05) is 19.1 Å². The lowest BCUT2D eigenvalue weighted by Gasteiger charge is -2.39. The minimum atomic E-state index is -4.29. The van der Waals surface area contributed by atoms with Crippen molar-refractivity contribution in [2.24, 2.45) is 11.7 Å². The molecule has 3 unspecified atom stereocenters. The number of alkyl halides is 3. The number of hydrogen-bond donors (Lipinski definition) is 1. The first-order chi connectivity index (χ1) is 9.29. The number of nitrogens with zero attached hydrogens (tertiary/aromatic N) is 1. The largest absolute Gasteiger partial charge is 0.416 e. The second-order valence-corrected chi connectivity index (χ2v) is 5.72. The van der Waals surface area contributed by atoms with Crippen LogP contribution in [-0.2, 0) is 6.18 Å². The van der Waals surface area contributed by atoms with Crippen LogP contribution in [0.3, 0.4) is 0 Å². The van der Waals surface area contributed by atoms with Gasteiger partial charge in [-0.15, -0.1) is 0 Å². The number of likely N-dealkylation sites (tertiary alicyclic amines) is 1.